The molecule has 18 heavy (non-hydrogen) atoms. The molecule has 0 heterocycles. The van der Waals surface area contributed by atoms with Crippen LogP contribution in [-0.4, -0.2) is 32.5 Å². The zero-order chi connectivity index (χ0) is 13.9. The molecule has 1 rings (SSSR count). The molecule has 0 aromatic heterocycles. The van der Waals surface area contributed by atoms with Gasteiger partial charge < -0.3 is 10.2 Å². The molecule has 0 aliphatic carbocycles. The first-order valence-corrected chi connectivity index (χ1v) is 5.12. The topological polar surface area (TPSA) is 118 Å². The average Bonchev–Trinajstić information content (AvgIpc) is 2.29. The van der Waals surface area contributed by atoms with Crippen LogP contribution in [0.2, 0.25) is 0 Å². The third-order valence-corrected chi connectivity index (χ3v) is 2.70. The van der Waals surface area contributed by atoms with Gasteiger partial charge in [0.1, 0.15) is 11.3 Å². The Morgan fingerprint density at radius 1 is 1.17 bits per heavy atom. The number of carbonyl (C=O) groups is 2. The van der Waals surface area contributed by atoms with Crippen molar-refractivity contribution in [2.45, 2.75) is 11.3 Å². The Kier molecular flexibility index (Phi) is 4.22. The molecule has 0 fully saturated rings. The zero-order valence-corrected chi connectivity index (χ0v) is 9.57. The summed E-state index contributed by atoms with van der Waals surface area (Å²) in [4.78, 5) is 31.5. The smallest absolute Gasteiger partial charge is 0.322 e. The number of hydrogen-bond acceptors (Lipinski definition) is 4. The van der Waals surface area contributed by atoms with Crippen LogP contribution in [0.5, 0.6) is 0 Å². The first-order valence-electron chi connectivity index (χ1n) is 4.68. The van der Waals surface area contributed by atoms with Gasteiger partial charge in [0.25, 0.3) is 5.69 Å². The molecule has 0 aliphatic rings. The van der Waals surface area contributed by atoms with E-state index in [0.717, 1.165) is 12.1 Å². The van der Waals surface area contributed by atoms with Crippen LogP contribution in [0, 0.1) is 10.1 Å². The van der Waals surface area contributed by atoms with E-state index in [2.05, 4.69) is 0 Å². The minimum atomic E-state index is -1.65. The van der Waals surface area contributed by atoms with E-state index in [1.807, 2.05) is 0 Å². The number of carboxylic acid groups (broad SMARTS) is 2. The predicted octanol–water partition coefficient (Wildman–Crippen LogP) is 1.46. The molecule has 0 saturated heterocycles. The van der Waals surface area contributed by atoms with Crippen molar-refractivity contribution < 1.29 is 24.7 Å². The summed E-state index contributed by atoms with van der Waals surface area (Å²) in [5.74, 6) is -4.35. The number of alkyl halides is 1. The monoisotopic (exact) mass is 273 g/mol. The fourth-order valence-corrected chi connectivity index (χ4v) is 1.64. The van der Waals surface area contributed by atoms with Crippen LogP contribution < -0.4 is 0 Å². The second-order valence-corrected chi connectivity index (χ2v) is 3.87. The van der Waals surface area contributed by atoms with E-state index in [9.17, 15) is 19.7 Å². The molecule has 0 spiro atoms. The average molecular weight is 274 g/mol. The molecule has 0 amide bonds. The molecule has 2 atom stereocenters. The Morgan fingerprint density at radius 2 is 1.67 bits per heavy atom. The Bertz CT molecular complexity index is 486. The third kappa shape index (κ3) is 2.95. The summed E-state index contributed by atoms with van der Waals surface area (Å²) >= 11 is 5.50. The highest BCUT2D eigenvalue weighted by Gasteiger charge is 2.33. The Balaban J connectivity index is 3.11. The minimum Gasteiger partial charge on any atom is -0.481 e. The Labute approximate surface area is 106 Å². The van der Waals surface area contributed by atoms with Crippen molar-refractivity contribution in [1.82, 2.24) is 0 Å². The summed E-state index contributed by atoms with van der Waals surface area (Å²) in [6, 6.07) is 4.54. The minimum absolute atomic E-state index is 0.0931. The summed E-state index contributed by atoms with van der Waals surface area (Å²) in [5.41, 5.74) is -0.125. The van der Waals surface area contributed by atoms with Gasteiger partial charge in [0.05, 0.1) is 4.92 Å². The number of non-ortho nitro benzene ring substituents is 1. The highest BCUT2D eigenvalue weighted by molar-refractivity contribution is 6.31. The van der Waals surface area contributed by atoms with E-state index in [-0.39, 0.29) is 11.3 Å². The largest absolute Gasteiger partial charge is 0.481 e. The number of halogens is 1. The summed E-state index contributed by atoms with van der Waals surface area (Å²) in [6.45, 7) is 0. The van der Waals surface area contributed by atoms with Gasteiger partial charge in [-0.05, 0) is 5.56 Å². The van der Waals surface area contributed by atoms with Crippen molar-refractivity contribution in [3.63, 3.8) is 0 Å². The van der Waals surface area contributed by atoms with E-state index < -0.39 is 28.2 Å². The number of nitrogens with zero attached hydrogens (tertiary/aromatic N) is 1. The zero-order valence-electron chi connectivity index (χ0n) is 8.82. The maximum Gasteiger partial charge on any atom is 0.322 e. The third-order valence-electron chi connectivity index (χ3n) is 2.26. The standard InChI is InChI=1S/C10H8ClNO6/c11-8(10(15)16)7(9(13)14)5-1-3-6(4-2-5)12(17)18/h1-4,7-8H,(H,13,14)(H,15,16)/t7-,8-/m0/s1. The number of benzene rings is 1. The number of rotatable bonds is 5. The Hall–Kier alpha value is -2.15. The van der Waals surface area contributed by atoms with Crippen molar-refractivity contribution in [1.29, 1.82) is 0 Å². The lowest BCUT2D eigenvalue weighted by Crippen LogP contribution is -2.28. The van der Waals surface area contributed by atoms with E-state index in [4.69, 9.17) is 21.8 Å². The van der Waals surface area contributed by atoms with Gasteiger partial charge in [-0.2, -0.15) is 0 Å². The fourth-order valence-electron chi connectivity index (χ4n) is 1.38. The van der Waals surface area contributed by atoms with Gasteiger partial charge in [-0.1, -0.05) is 12.1 Å². The van der Waals surface area contributed by atoms with Gasteiger partial charge in [0, 0.05) is 12.1 Å². The van der Waals surface area contributed by atoms with Gasteiger partial charge in [-0.3, -0.25) is 19.7 Å². The fraction of sp³-hybridized carbons (Fsp3) is 0.200. The molecule has 1 aromatic carbocycles. The van der Waals surface area contributed by atoms with Crippen LogP contribution in [0.25, 0.3) is 0 Å². The van der Waals surface area contributed by atoms with Crippen molar-refractivity contribution >= 4 is 29.2 Å². The first-order chi connectivity index (χ1) is 8.34. The highest BCUT2D eigenvalue weighted by atomic mass is 35.5. The molecule has 8 heteroatoms. The van der Waals surface area contributed by atoms with Gasteiger partial charge in [0.2, 0.25) is 0 Å². The van der Waals surface area contributed by atoms with Crippen LogP contribution in [-0.2, 0) is 9.59 Å². The SMILES string of the molecule is O=C(O)[C@@H](Cl)[C@@H](C(=O)O)c1ccc([N+](=O)[O-])cc1. The van der Waals surface area contributed by atoms with Gasteiger partial charge in [0.15, 0.2) is 0 Å². The number of aliphatic carboxylic acids is 2. The van der Waals surface area contributed by atoms with Crippen molar-refractivity contribution in [3.8, 4) is 0 Å². The molecule has 0 bridgehead atoms. The maximum absolute atomic E-state index is 11.0. The van der Waals surface area contributed by atoms with Crippen LogP contribution in [0.15, 0.2) is 24.3 Å². The molecular weight excluding hydrogens is 266 g/mol. The van der Waals surface area contributed by atoms with E-state index in [0.29, 0.717) is 0 Å². The molecule has 2 N–H and O–H groups in total. The maximum atomic E-state index is 11.0. The second-order valence-electron chi connectivity index (χ2n) is 3.40. The summed E-state index contributed by atoms with van der Waals surface area (Å²) in [7, 11) is 0. The lowest BCUT2D eigenvalue weighted by atomic mass is 9.95. The molecule has 7 nitrogen and oxygen atoms in total. The quantitative estimate of drug-likeness (QED) is 0.476. The van der Waals surface area contributed by atoms with E-state index in [1.54, 1.807) is 0 Å². The lowest BCUT2D eigenvalue weighted by Gasteiger charge is -2.14. The highest BCUT2D eigenvalue weighted by Crippen LogP contribution is 2.26. The van der Waals surface area contributed by atoms with E-state index >= 15 is 0 Å². The predicted molar refractivity (Wildman–Crippen MR) is 60.8 cm³/mol. The Morgan fingerprint density at radius 3 is 2.00 bits per heavy atom. The van der Waals surface area contributed by atoms with Gasteiger partial charge in [-0.25, -0.2) is 0 Å². The summed E-state index contributed by atoms with van der Waals surface area (Å²) in [5, 5.41) is 26.4. The number of nitro benzene ring substituents is 1. The molecule has 0 radical (unpaired) electrons. The molecule has 0 saturated carbocycles. The van der Waals surface area contributed by atoms with Crippen LogP contribution in [0.3, 0.4) is 0 Å². The van der Waals surface area contributed by atoms with Crippen molar-refractivity contribution in [3.05, 3.63) is 39.9 Å². The second kappa shape index (κ2) is 5.46. The first kappa shape index (κ1) is 13.9. The number of nitro groups is 1. The molecule has 0 unspecified atom stereocenters. The molecule has 96 valence electrons. The number of carboxylic acids is 2. The lowest BCUT2D eigenvalue weighted by molar-refractivity contribution is -0.384. The van der Waals surface area contributed by atoms with E-state index in [1.165, 1.54) is 12.1 Å². The molecule has 0 aliphatic heterocycles. The number of hydrogen-bond donors (Lipinski definition) is 2. The van der Waals surface area contributed by atoms with Crippen LogP contribution in [0.4, 0.5) is 5.69 Å². The van der Waals surface area contributed by atoms with Gasteiger partial charge in [-0.15, -0.1) is 11.6 Å². The molecule has 1 aromatic rings. The van der Waals surface area contributed by atoms with Crippen LogP contribution in [0.1, 0.15) is 11.5 Å². The van der Waals surface area contributed by atoms with Gasteiger partial charge >= 0.3 is 11.9 Å². The van der Waals surface area contributed by atoms with Crippen LogP contribution >= 0.6 is 11.6 Å². The summed E-state index contributed by atoms with van der Waals surface area (Å²) in [6.07, 6.45) is 0. The normalized spacial score (nSPS) is 13.6. The van der Waals surface area contributed by atoms with Crippen molar-refractivity contribution in [2.24, 2.45) is 0 Å². The van der Waals surface area contributed by atoms with Crippen molar-refractivity contribution in [2.75, 3.05) is 0 Å². The molecular formula is C10H8ClNO6. The summed E-state index contributed by atoms with van der Waals surface area (Å²) < 4.78 is 0.